The Morgan fingerprint density at radius 2 is 0.651 bits per heavy atom. The Labute approximate surface area is 385 Å². The normalized spacial score (nSPS) is 11.4. The Morgan fingerprint density at radius 1 is 0.397 bits per heavy atom. The number of rotatable bonds is 52. The van der Waals surface area contributed by atoms with Gasteiger partial charge in [-0.2, -0.15) is 0 Å². The summed E-state index contributed by atoms with van der Waals surface area (Å²) in [6, 6.07) is 0. The first-order valence-corrected chi connectivity index (χ1v) is 25.9. The second-order valence-electron chi connectivity index (χ2n) is 17.9. The number of carboxylic acids is 1. The number of aliphatic carboxylic acids is 1. The van der Waals surface area contributed by atoms with Crippen LogP contribution >= 0.6 is 0 Å². The molecule has 0 aromatic carbocycles. The Balaban J connectivity index is 4.34. The van der Waals surface area contributed by atoms with Crippen molar-refractivity contribution in [1.82, 2.24) is 25.3 Å². The molecule has 63 heavy (non-hydrogen) atoms. The Bertz CT molecular complexity index is 982. The van der Waals surface area contributed by atoms with Gasteiger partial charge < -0.3 is 25.2 Å². The van der Waals surface area contributed by atoms with E-state index in [0.29, 0.717) is 26.0 Å². The highest BCUT2D eigenvalue weighted by atomic mass is 16.5. The van der Waals surface area contributed by atoms with Gasteiger partial charge in [-0.1, -0.05) is 206 Å². The standard InChI is InChI=1S/C50H97N5O8/c1-3-5-7-9-11-13-15-17-19-21-23-25-27-29-31-33-35-51-48(58)41-54(44-62-46-56)39-37-53(43-50(60)61)38-40-55(45-63-47-57)42-49(59)52-36-34-32-30-28-26-24-22-20-18-16-14-12-10-8-6-4-2/h46-47H,3-45H2,1-2H3,(H,51,58)(H,52,59)(H,60,61). The van der Waals surface area contributed by atoms with Crippen molar-refractivity contribution in [3.8, 4) is 0 Å². The van der Waals surface area contributed by atoms with Crippen LogP contribution in [-0.4, -0.2) is 123 Å². The van der Waals surface area contributed by atoms with Gasteiger partial charge in [0.15, 0.2) is 0 Å². The van der Waals surface area contributed by atoms with E-state index in [1.807, 2.05) is 0 Å². The quantitative estimate of drug-likeness (QED) is 0.0303. The number of hydrogen-bond acceptors (Lipinski definition) is 10. The van der Waals surface area contributed by atoms with Gasteiger partial charge in [-0.05, 0) is 12.8 Å². The van der Waals surface area contributed by atoms with Crippen LogP contribution < -0.4 is 10.6 Å². The Morgan fingerprint density at radius 3 is 0.905 bits per heavy atom. The van der Waals surface area contributed by atoms with Crippen molar-refractivity contribution in [1.29, 1.82) is 0 Å². The number of unbranched alkanes of at least 4 members (excludes halogenated alkanes) is 30. The summed E-state index contributed by atoms with van der Waals surface area (Å²) in [5.74, 6) is -1.38. The van der Waals surface area contributed by atoms with Crippen LogP contribution in [0.3, 0.4) is 0 Å². The third kappa shape index (κ3) is 45.6. The summed E-state index contributed by atoms with van der Waals surface area (Å²) in [4.78, 5) is 64.2. The lowest BCUT2D eigenvalue weighted by Crippen LogP contribution is -2.46. The van der Waals surface area contributed by atoms with Crippen LogP contribution in [0.1, 0.15) is 219 Å². The molecule has 0 aliphatic carbocycles. The van der Waals surface area contributed by atoms with E-state index >= 15 is 0 Å². The number of carbonyl (C=O) groups excluding carboxylic acids is 4. The SMILES string of the molecule is CCCCCCCCCCCCCCCCCCNC(=O)CN(CCN(CCN(COC=O)CC(=O)NCCCCCCCCCCCCCCCCCC)CC(=O)O)COC=O. The van der Waals surface area contributed by atoms with E-state index in [2.05, 4.69) is 24.5 Å². The van der Waals surface area contributed by atoms with E-state index in [4.69, 9.17) is 9.47 Å². The molecule has 13 nitrogen and oxygen atoms in total. The fourth-order valence-corrected chi connectivity index (χ4v) is 8.00. The first-order chi connectivity index (χ1) is 30.9. The smallest absolute Gasteiger partial charge is 0.317 e. The highest BCUT2D eigenvalue weighted by Crippen LogP contribution is 2.15. The number of hydrogen-bond donors (Lipinski definition) is 3. The number of nitrogens with zero attached hydrogens (tertiary/aromatic N) is 3. The third-order valence-electron chi connectivity index (χ3n) is 11.9. The summed E-state index contributed by atoms with van der Waals surface area (Å²) in [5.41, 5.74) is 0. The minimum Gasteiger partial charge on any atom is -0.480 e. The van der Waals surface area contributed by atoms with Gasteiger partial charge in [0.1, 0.15) is 13.5 Å². The van der Waals surface area contributed by atoms with Crippen molar-refractivity contribution in [2.75, 3.05) is 72.4 Å². The van der Waals surface area contributed by atoms with Crippen LogP contribution in [-0.2, 0) is 33.4 Å². The molecule has 0 heterocycles. The minimum absolute atomic E-state index is 0.00643. The summed E-state index contributed by atoms with van der Waals surface area (Å²) < 4.78 is 9.92. The van der Waals surface area contributed by atoms with Gasteiger partial charge in [0.25, 0.3) is 12.9 Å². The molecule has 0 radical (unpaired) electrons. The minimum atomic E-state index is -1.02. The van der Waals surface area contributed by atoms with E-state index in [1.54, 1.807) is 14.7 Å². The van der Waals surface area contributed by atoms with Crippen molar-refractivity contribution in [3.63, 3.8) is 0 Å². The first-order valence-electron chi connectivity index (χ1n) is 25.9. The Kier molecular flexibility index (Phi) is 46.5. The second-order valence-corrected chi connectivity index (χ2v) is 17.9. The van der Waals surface area contributed by atoms with Crippen molar-refractivity contribution >= 4 is 30.7 Å². The number of carbonyl (C=O) groups is 5. The molecule has 0 atom stereocenters. The zero-order valence-electron chi connectivity index (χ0n) is 40.7. The molecule has 0 saturated carbocycles. The molecule has 0 bridgehead atoms. The van der Waals surface area contributed by atoms with E-state index in [1.165, 1.54) is 167 Å². The van der Waals surface area contributed by atoms with Gasteiger partial charge in [0, 0.05) is 39.3 Å². The molecule has 3 N–H and O–H groups in total. The van der Waals surface area contributed by atoms with Crippen molar-refractivity contribution in [3.05, 3.63) is 0 Å². The van der Waals surface area contributed by atoms with Gasteiger partial charge in [0.05, 0.1) is 19.6 Å². The molecule has 0 unspecified atom stereocenters. The van der Waals surface area contributed by atoms with E-state index in [9.17, 15) is 29.1 Å². The van der Waals surface area contributed by atoms with E-state index in [0.717, 1.165) is 38.5 Å². The molecular formula is C50H97N5O8. The molecule has 0 rings (SSSR count). The average molecular weight is 896 g/mol. The molecule has 13 heteroatoms. The van der Waals surface area contributed by atoms with Crippen LogP contribution in [0.5, 0.6) is 0 Å². The predicted octanol–water partition coefficient (Wildman–Crippen LogP) is 9.99. The van der Waals surface area contributed by atoms with Gasteiger partial charge >= 0.3 is 5.97 Å². The summed E-state index contributed by atoms with van der Waals surface area (Å²) in [7, 11) is 0. The first kappa shape index (κ1) is 60.2. The summed E-state index contributed by atoms with van der Waals surface area (Å²) in [6.07, 6.45) is 41.2. The molecular weight excluding hydrogens is 799 g/mol. The average Bonchev–Trinajstić information content (AvgIpc) is 3.27. The maximum atomic E-state index is 12.8. The van der Waals surface area contributed by atoms with Crippen LogP contribution in [0.2, 0.25) is 0 Å². The summed E-state index contributed by atoms with van der Waals surface area (Å²) in [5, 5.41) is 15.5. The third-order valence-corrected chi connectivity index (χ3v) is 11.9. The fourth-order valence-electron chi connectivity index (χ4n) is 8.00. The van der Waals surface area contributed by atoms with E-state index in [-0.39, 0.29) is 71.1 Å². The Hall–Kier alpha value is -2.77. The molecule has 0 saturated heterocycles. The molecule has 0 aromatic heterocycles. The monoisotopic (exact) mass is 896 g/mol. The zero-order chi connectivity index (χ0) is 46.1. The van der Waals surface area contributed by atoms with Crippen LogP contribution in [0.25, 0.3) is 0 Å². The summed E-state index contributed by atoms with van der Waals surface area (Å²) in [6.45, 7) is 6.98. The molecule has 370 valence electrons. The van der Waals surface area contributed by atoms with Gasteiger partial charge in [-0.3, -0.25) is 38.7 Å². The maximum Gasteiger partial charge on any atom is 0.317 e. The molecule has 0 aliphatic rings. The number of amides is 2. The largest absolute Gasteiger partial charge is 0.480 e. The lowest BCUT2D eigenvalue weighted by atomic mass is 10.0. The van der Waals surface area contributed by atoms with Gasteiger partial charge in [-0.15, -0.1) is 0 Å². The number of nitrogens with one attached hydrogen (secondary N) is 2. The number of ether oxygens (including phenoxy) is 2. The molecule has 0 spiro atoms. The lowest BCUT2D eigenvalue weighted by Gasteiger charge is -2.28. The predicted molar refractivity (Wildman–Crippen MR) is 256 cm³/mol. The molecule has 2 amide bonds. The fraction of sp³-hybridized carbons (Fsp3) is 0.900. The van der Waals surface area contributed by atoms with E-state index < -0.39 is 5.97 Å². The van der Waals surface area contributed by atoms with Crippen molar-refractivity contribution in [2.24, 2.45) is 0 Å². The van der Waals surface area contributed by atoms with Crippen LogP contribution in [0.4, 0.5) is 0 Å². The van der Waals surface area contributed by atoms with Crippen LogP contribution in [0.15, 0.2) is 0 Å². The molecule has 0 fully saturated rings. The zero-order valence-corrected chi connectivity index (χ0v) is 40.7. The topological polar surface area (TPSA) is 158 Å². The maximum absolute atomic E-state index is 12.8. The molecule has 0 aromatic rings. The van der Waals surface area contributed by atoms with Crippen molar-refractivity contribution in [2.45, 2.75) is 219 Å². The second kappa shape index (κ2) is 48.7. The van der Waals surface area contributed by atoms with Gasteiger partial charge in [-0.25, -0.2) is 0 Å². The number of carboxylic acid groups (broad SMARTS) is 1. The van der Waals surface area contributed by atoms with Gasteiger partial charge in [0.2, 0.25) is 11.8 Å². The molecule has 0 aliphatic heterocycles. The van der Waals surface area contributed by atoms with Crippen LogP contribution in [0, 0.1) is 0 Å². The highest BCUT2D eigenvalue weighted by molar-refractivity contribution is 5.78. The highest BCUT2D eigenvalue weighted by Gasteiger charge is 2.18. The van der Waals surface area contributed by atoms with Crippen molar-refractivity contribution < 1.29 is 38.6 Å². The summed E-state index contributed by atoms with van der Waals surface area (Å²) >= 11 is 0. The lowest BCUT2D eigenvalue weighted by molar-refractivity contribution is -0.139.